The summed E-state index contributed by atoms with van der Waals surface area (Å²) in [6, 6.07) is 3.65. The Labute approximate surface area is 105 Å². The van der Waals surface area contributed by atoms with E-state index in [0.717, 1.165) is 16.6 Å². The molecule has 0 bridgehead atoms. The van der Waals surface area contributed by atoms with Crippen molar-refractivity contribution in [1.82, 2.24) is 10.2 Å². The number of carbonyl (C=O) groups is 1. The number of carbonyl (C=O) groups excluding carboxylic acids is 1. The number of rotatable bonds is 4. The van der Waals surface area contributed by atoms with Crippen molar-refractivity contribution in [2.45, 2.75) is 12.1 Å². The lowest BCUT2D eigenvalue weighted by molar-refractivity contribution is -0.298. The largest absolute Gasteiger partial charge is 0.544 e. The van der Waals surface area contributed by atoms with E-state index in [4.69, 9.17) is 4.42 Å². The number of aliphatic carboxylic acids is 1. The highest BCUT2D eigenvalue weighted by atomic mass is 32.2. The molecule has 0 aliphatic rings. The van der Waals surface area contributed by atoms with Crippen molar-refractivity contribution in [3.8, 4) is 0 Å². The molecule has 0 spiro atoms. The molecule has 0 atom stereocenters. The normalized spacial score (nSPS) is 11.7. The van der Waals surface area contributed by atoms with Crippen LogP contribution < -0.4 is 5.11 Å². The van der Waals surface area contributed by atoms with E-state index < -0.39 is 5.97 Å². The Bertz CT molecular complexity index is 546. The molecule has 0 unspecified atom stereocenters. The van der Waals surface area contributed by atoms with Crippen molar-refractivity contribution in [2.75, 3.05) is 0 Å². The first-order chi connectivity index (χ1) is 8.15. The van der Waals surface area contributed by atoms with Gasteiger partial charge in [-0.2, -0.15) is 0 Å². The Kier molecular flexibility index (Phi) is 3.60. The SMILES string of the molecule is Cc1nnc(S/C(=C/c2cccs2)C(=O)[O-])o1. The van der Waals surface area contributed by atoms with E-state index in [1.54, 1.807) is 6.92 Å². The second kappa shape index (κ2) is 5.15. The second-order valence-electron chi connectivity index (χ2n) is 3.00. The molecule has 0 amide bonds. The van der Waals surface area contributed by atoms with Crippen LogP contribution in [0.4, 0.5) is 0 Å². The van der Waals surface area contributed by atoms with Crippen LogP contribution in [-0.2, 0) is 4.79 Å². The van der Waals surface area contributed by atoms with Gasteiger partial charge in [-0.15, -0.1) is 21.5 Å². The molecule has 0 radical (unpaired) electrons. The molecular weight excluding hydrogens is 260 g/mol. The summed E-state index contributed by atoms with van der Waals surface area (Å²) in [7, 11) is 0. The van der Waals surface area contributed by atoms with E-state index in [-0.39, 0.29) is 10.1 Å². The van der Waals surface area contributed by atoms with Crippen molar-refractivity contribution in [3.63, 3.8) is 0 Å². The number of carboxylic acids is 1. The second-order valence-corrected chi connectivity index (χ2v) is 4.97. The van der Waals surface area contributed by atoms with E-state index in [1.165, 1.54) is 17.4 Å². The van der Waals surface area contributed by atoms with Crippen LogP contribution in [0.15, 0.2) is 32.1 Å². The summed E-state index contributed by atoms with van der Waals surface area (Å²) in [5.74, 6) is -0.874. The van der Waals surface area contributed by atoms with E-state index in [9.17, 15) is 9.90 Å². The number of thioether (sulfide) groups is 1. The van der Waals surface area contributed by atoms with Gasteiger partial charge < -0.3 is 14.3 Å². The zero-order chi connectivity index (χ0) is 12.3. The van der Waals surface area contributed by atoms with Crippen LogP contribution in [0.2, 0.25) is 0 Å². The lowest BCUT2D eigenvalue weighted by Crippen LogP contribution is -2.22. The summed E-state index contributed by atoms with van der Waals surface area (Å²) < 4.78 is 5.10. The van der Waals surface area contributed by atoms with Gasteiger partial charge in [0.05, 0.1) is 5.97 Å². The topological polar surface area (TPSA) is 79.0 Å². The minimum absolute atomic E-state index is 0.0381. The average molecular weight is 267 g/mol. The summed E-state index contributed by atoms with van der Waals surface area (Å²) in [4.78, 5) is 11.8. The van der Waals surface area contributed by atoms with Gasteiger partial charge in [-0.25, -0.2) is 0 Å². The monoisotopic (exact) mass is 267 g/mol. The summed E-state index contributed by atoms with van der Waals surface area (Å²) in [5, 5.41) is 20.3. The molecule has 2 heterocycles. The first kappa shape index (κ1) is 11.9. The van der Waals surface area contributed by atoms with Gasteiger partial charge in [-0.1, -0.05) is 6.07 Å². The third-order valence-corrected chi connectivity index (χ3v) is 3.39. The van der Waals surface area contributed by atoms with Crippen LogP contribution >= 0.6 is 23.1 Å². The maximum atomic E-state index is 11.0. The fourth-order valence-corrected chi connectivity index (χ4v) is 2.48. The predicted molar refractivity (Wildman–Crippen MR) is 62.2 cm³/mol. The van der Waals surface area contributed by atoms with E-state index >= 15 is 0 Å². The number of nitrogens with zero attached hydrogens (tertiary/aromatic N) is 2. The Balaban J connectivity index is 2.21. The van der Waals surface area contributed by atoms with Gasteiger partial charge in [-0.05, 0) is 29.3 Å². The molecule has 17 heavy (non-hydrogen) atoms. The molecule has 2 aromatic rings. The fourth-order valence-electron chi connectivity index (χ4n) is 1.05. The summed E-state index contributed by atoms with van der Waals surface area (Å²) in [6.45, 7) is 1.64. The molecule has 0 aliphatic carbocycles. The maximum Gasteiger partial charge on any atom is 0.281 e. The number of aromatic nitrogens is 2. The van der Waals surface area contributed by atoms with Crippen LogP contribution in [0.25, 0.3) is 6.08 Å². The minimum atomic E-state index is -1.26. The number of carboxylic acid groups (broad SMARTS) is 1. The molecule has 88 valence electrons. The Morgan fingerprint density at radius 3 is 2.94 bits per heavy atom. The Hall–Kier alpha value is -1.60. The molecule has 0 saturated carbocycles. The maximum absolute atomic E-state index is 11.0. The van der Waals surface area contributed by atoms with Crippen molar-refractivity contribution in [1.29, 1.82) is 0 Å². The number of thiophene rings is 1. The zero-order valence-corrected chi connectivity index (χ0v) is 10.4. The Morgan fingerprint density at radius 2 is 2.41 bits per heavy atom. The highest BCUT2D eigenvalue weighted by Gasteiger charge is 2.08. The molecule has 0 N–H and O–H groups in total. The zero-order valence-electron chi connectivity index (χ0n) is 8.75. The molecule has 0 saturated heterocycles. The molecular formula is C10H7N2O3S2-. The smallest absolute Gasteiger partial charge is 0.281 e. The molecule has 0 aliphatic heterocycles. The predicted octanol–water partition coefficient (Wildman–Crippen LogP) is 1.32. The van der Waals surface area contributed by atoms with Crippen molar-refractivity contribution in [3.05, 3.63) is 33.2 Å². The van der Waals surface area contributed by atoms with Crippen LogP contribution in [0.5, 0.6) is 0 Å². The molecule has 2 aromatic heterocycles. The summed E-state index contributed by atoms with van der Waals surface area (Å²) in [6.07, 6.45) is 1.52. The van der Waals surface area contributed by atoms with Gasteiger partial charge in [0.2, 0.25) is 5.89 Å². The number of hydrogen-bond acceptors (Lipinski definition) is 7. The minimum Gasteiger partial charge on any atom is -0.544 e. The fraction of sp³-hybridized carbons (Fsp3) is 0.100. The average Bonchev–Trinajstić information content (AvgIpc) is 2.89. The van der Waals surface area contributed by atoms with Gasteiger partial charge in [0.15, 0.2) is 0 Å². The molecule has 0 fully saturated rings. The highest BCUT2D eigenvalue weighted by molar-refractivity contribution is 8.03. The number of hydrogen-bond donors (Lipinski definition) is 0. The van der Waals surface area contributed by atoms with Crippen molar-refractivity contribution in [2.24, 2.45) is 0 Å². The Morgan fingerprint density at radius 1 is 1.59 bits per heavy atom. The standard InChI is InChI=1S/C10H8N2O3S2/c1-6-11-12-10(15-6)17-8(9(13)14)5-7-3-2-4-16-7/h2-5H,1H3,(H,13,14)/p-1/b8-5+. The van der Waals surface area contributed by atoms with Crippen LogP contribution in [0.1, 0.15) is 10.8 Å². The summed E-state index contributed by atoms with van der Waals surface area (Å²) >= 11 is 2.32. The van der Waals surface area contributed by atoms with Crippen LogP contribution in [0, 0.1) is 6.92 Å². The molecule has 2 rings (SSSR count). The summed E-state index contributed by atoms with van der Waals surface area (Å²) in [5.41, 5.74) is 0. The third-order valence-electron chi connectivity index (χ3n) is 1.72. The molecule has 5 nitrogen and oxygen atoms in total. The first-order valence-corrected chi connectivity index (χ1v) is 6.29. The van der Waals surface area contributed by atoms with Gasteiger partial charge in [-0.3, -0.25) is 0 Å². The first-order valence-electron chi connectivity index (χ1n) is 4.59. The lowest BCUT2D eigenvalue weighted by atomic mass is 10.4. The molecule has 0 aromatic carbocycles. The lowest BCUT2D eigenvalue weighted by Gasteiger charge is -2.03. The van der Waals surface area contributed by atoms with Gasteiger partial charge >= 0.3 is 0 Å². The number of aryl methyl sites for hydroxylation is 1. The van der Waals surface area contributed by atoms with Crippen molar-refractivity contribution < 1.29 is 14.3 Å². The van der Waals surface area contributed by atoms with E-state index in [0.29, 0.717) is 5.89 Å². The van der Waals surface area contributed by atoms with Gasteiger partial charge in [0.25, 0.3) is 5.22 Å². The quantitative estimate of drug-likeness (QED) is 0.614. The van der Waals surface area contributed by atoms with Gasteiger partial charge in [0.1, 0.15) is 0 Å². The third kappa shape index (κ3) is 3.18. The van der Waals surface area contributed by atoms with Crippen molar-refractivity contribution >= 4 is 35.1 Å². The van der Waals surface area contributed by atoms with Gasteiger partial charge in [0, 0.05) is 16.7 Å². The highest BCUT2D eigenvalue weighted by Crippen LogP contribution is 2.27. The van der Waals surface area contributed by atoms with E-state index in [2.05, 4.69) is 10.2 Å². The molecule has 7 heteroatoms. The van der Waals surface area contributed by atoms with E-state index in [1.807, 2.05) is 17.5 Å². The van der Waals surface area contributed by atoms with Crippen LogP contribution in [-0.4, -0.2) is 16.2 Å². The van der Waals surface area contributed by atoms with Crippen LogP contribution in [0.3, 0.4) is 0 Å².